The smallest absolute Gasteiger partial charge is 0.220 e. The Bertz CT molecular complexity index is 1390. The zero-order valence-electron chi connectivity index (χ0n) is 19.3. The number of nitrogens with zero attached hydrogens (tertiary/aromatic N) is 5. The topological polar surface area (TPSA) is 59.6 Å². The monoisotopic (exact) mass is 558 g/mol. The Hall–Kier alpha value is -2.53. The summed E-state index contributed by atoms with van der Waals surface area (Å²) in [5.41, 5.74) is 2.56. The number of halogens is 2. The van der Waals surface area contributed by atoms with Gasteiger partial charge in [-0.15, -0.1) is 11.3 Å². The van der Waals surface area contributed by atoms with Crippen LogP contribution in [0.2, 0.25) is 10.0 Å². The Morgan fingerprint density at radius 1 is 1.06 bits per heavy atom. The second-order valence-electron chi connectivity index (χ2n) is 8.20. The van der Waals surface area contributed by atoms with E-state index in [2.05, 4.69) is 10.2 Å². The number of morpholine rings is 1. The summed E-state index contributed by atoms with van der Waals surface area (Å²) >= 11 is 20.3. The molecule has 0 bridgehead atoms. The number of anilines is 2. The zero-order valence-corrected chi connectivity index (χ0v) is 22.5. The molecule has 1 aliphatic rings. The molecule has 1 aliphatic heterocycles. The van der Waals surface area contributed by atoms with E-state index < -0.39 is 0 Å². The van der Waals surface area contributed by atoms with Crippen molar-refractivity contribution in [3.05, 3.63) is 91.1 Å². The minimum absolute atomic E-state index is 0.507. The molecule has 0 atom stereocenters. The summed E-state index contributed by atoms with van der Waals surface area (Å²) in [6, 6.07) is 17.5. The van der Waals surface area contributed by atoms with Crippen LogP contribution in [0.15, 0.2) is 65.1 Å². The molecule has 36 heavy (non-hydrogen) atoms. The van der Waals surface area contributed by atoms with Gasteiger partial charge in [-0.25, -0.2) is 4.68 Å². The van der Waals surface area contributed by atoms with Crippen molar-refractivity contribution in [1.82, 2.24) is 19.4 Å². The Morgan fingerprint density at radius 3 is 2.58 bits per heavy atom. The van der Waals surface area contributed by atoms with E-state index in [1.165, 1.54) is 0 Å². The highest BCUT2D eigenvalue weighted by molar-refractivity contribution is 7.71. The second kappa shape index (κ2) is 11.7. The molecule has 0 amide bonds. The van der Waals surface area contributed by atoms with Crippen molar-refractivity contribution in [2.45, 2.75) is 13.1 Å². The Morgan fingerprint density at radius 2 is 1.83 bits per heavy atom. The van der Waals surface area contributed by atoms with E-state index >= 15 is 0 Å². The van der Waals surface area contributed by atoms with Gasteiger partial charge in [-0.05, 0) is 47.4 Å². The molecule has 0 radical (unpaired) electrons. The summed E-state index contributed by atoms with van der Waals surface area (Å²) < 4.78 is 9.61. The highest BCUT2D eigenvalue weighted by Gasteiger charge is 2.17. The predicted molar refractivity (Wildman–Crippen MR) is 150 cm³/mol. The predicted octanol–water partition coefficient (Wildman–Crippen LogP) is 6.29. The average Bonchev–Trinajstić information content (AvgIpc) is 3.50. The lowest BCUT2D eigenvalue weighted by Gasteiger charge is -2.25. The molecule has 2 aromatic heterocycles. The molecule has 2 aromatic carbocycles. The van der Waals surface area contributed by atoms with Crippen molar-refractivity contribution < 1.29 is 4.74 Å². The maximum atomic E-state index is 6.41. The number of thiophene rings is 1. The minimum Gasteiger partial charge on any atom is -0.379 e. The molecule has 0 aliphatic carbocycles. The van der Waals surface area contributed by atoms with E-state index in [9.17, 15) is 0 Å². The van der Waals surface area contributed by atoms with E-state index in [0.29, 0.717) is 46.8 Å². The molecular formula is C25H24Cl2N6OS2. The fraction of sp³-hybridized carbons (Fsp3) is 0.240. The van der Waals surface area contributed by atoms with E-state index in [4.69, 9.17) is 50.4 Å². The maximum Gasteiger partial charge on any atom is 0.220 e. The summed E-state index contributed by atoms with van der Waals surface area (Å²) in [4.78, 5) is 3.32. The van der Waals surface area contributed by atoms with Gasteiger partial charge in [0, 0.05) is 30.1 Å². The van der Waals surface area contributed by atoms with Gasteiger partial charge in [-0.1, -0.05) is 53.5 Å². The Balaban J connectivity index is 1.48. The normalized spacial score (nSPS) is 14.5. The van der Waals surface area contributed by atoms with Crippen molar-refractivity contribution >= 4 is 64.3 Å². The maximum absolute atomic E-state index is 6.41. The SMILES string of the molecule is S=c1n(CN2CCOCC2)nc(Cc2ccccc2Nc2c(Cl)cccc2Cl)n1/N=C/c1cccs1. The number of benzene rings is 2. The van der Waals surface area contributed by atoms with E-state index in [1.807, 2.05) is 70.9 Å². The first-order valence-electron chi connectivity index (χ1n) is 11.4. The molecule has 0 spiro atoms. The molecule has 3 heterocycles. The number of hydrogen-bond acceptors (Lipinski definition) is 7. The third-order valence-corrected chi connectivity index (χ3v) is 7.57. The third kappa shape index (κ3) is 5.88. The number of para-hydroxylation sites is 2. The van der Waals surface area contributed by atoms with Gasteiger partial charge in [-0.2, -0.15) is 14.9 Å². The first kappa shape index (κ1) is 25.1. The van der Waals surface area contributed by atoms with E-state index in [0.717, 1.165) is 35.0 Å². The highest BCUT2D eigenvalue weighted by atomic mass is 35.5. The second-order valence-corrected chi connectivity index (χ2v) is 10.4. The van der Waals surface area contributed by atoms with Crippen LogP contribution < -0.4 is 5.32 Å². The summed E-state index contributed by atoms with van der Waals surface area (Å²) in [7, 11) is 0. The van der Waals surface area contributed by atoms with Gasteiger partial charge in [-0.3, -0.25) is 4.90 Å². The molecule has 1 fully saturated rings. The van der Waals surface area contributed by atoms with Crippen LogP contribution >= 0.6 is 46.8 Å². The summed E-state index contributed by atoms with van der Waals surface area (Å²) in [6.07, 6.45) is 2.32. The lowest BCUT2D eigenvalue weighted by Crippen LogP contribution is -2.37. The van der Waals surface area contributed by atoms with Gasteiger partial charge >= 0.3 is 0 Å². The first-order chi connectivity index (χ1) is 17.6. The lowest BCUT2D eigenvalue weighted by atomic mass is 10.1. The van der Waals surface area contributed by atoms with Crippen LogP contribution in [0.4, 0.5) is 11.4 Å². The van der Waals surface area contributed by atoms with Crippen LogP contribution in [0.5, 0.6) is 0 Å². The number of aromatic nitrogens is 3. The largest absolute Gasteiger partial charge is 0.379 e. The molecule has 186 valence electrons. The van der Waals surface area contributed by atoms with E-state index in [-0.39, 0.29) is 0 Å². The van der Waals surface area contributed by atoms with Crippen molar-refractivity contribution in [3.63, 3.8) is 0 Å². The molecule has 4 aromatic rings. The molecule has 0 saturated carbocycles. The number of ether oxygens (including phenoxy) is 1. The fourth-order valence-electron chi connectivity index (χ4n) is 3.89. The standard InChI is InChI=1S/C25H24Cl2N6OS2/c26-20-7-3-8-21(27)24(20)29-22-9-2-1-5-18(22)15-23-30-32(17-31-10-12-34-13-11-31)25(35)33(23)28-16-19-6-4-14-36-19/h1-9,14,16,29H,10-13,15,17H2/b28-16+. The molecule has 11 heteroatoms. The number of rotatable bonds is 8. The fourth-order valence-corrected chi connectivity index (χ4v) is 5.22. The van der Waals surface area contributed by atoms with Gasteiger partial charge in [0.1, 0.15) is 0 Å². The number of hydrogen-bond donors (Lipinski definition) is 1. The van der Waals surface area contributed by atoms with Gasteiger partial charge < -0.3 is 10.1 Å². The van der Waals surface area contributed by atoms with Gasteiger partial charge in [0.25, 0.3) is 0 Å². The molecule has 7 nitrogen and oxygen atoms in total. The van der Waals surface area contributed by atoms with Gasteiger partial charge in [0.15, 0.2) is 5.82 Å². The van der Waals surface area contributed by atoms with Crippen molar-refractivity contribution in [3.8, 4) is 0 Å². The summed E-state index contributed by atoms with van der Waals surface area (Å²) in [5.74, 6) is 0.737. The quantitative estimate of drug-likeness (QED) is 0.203. The van der Waals surface area contributed by atoms with E-state index in [1.54, 1.807) is 16.0 Å². The Kier molecular flexibility index (Phi) is 8.15. The van der Waals surface area contributed by atoms with Crippen LogP contribution in [0, 0.1) is 4.77 Å². The average molecular weight is 560 g/mol. The minimum atomic E-state index is 0.507. The Labute approximate surface area is 228 Å². The summed E-state index contributed by atoms with van der Waals surface area (Å²) in [6.45, 7) is 3.69. The molecule has 5 rings (SSSR count). The van der Waals surface area contributed by atoms with Gasteiger partial charge in [0.05, 0.1) is 41.8 Å². The molecule has 1 N–H and O–H groups in total. The third-order valence-electron chi connectivity index (χ3n) is 5.75. The summed E-state index contributed by atoms with van der Waals surface area (Å²) in [5, 5.41) is 16.1. The van der Waals surface area contributed by atoms with Crippen molar-refractivity contribution in [2.75, 3.05) is 31.6 Å². The van der Waals surface area contributed by atoms with Crippen molar-refractivity contribution in [1.29, 1.82) is 0 Å². The van der Waals surface area contributed by atoms with Crippen LogP contribution in [0.3, 0.4) is 0 Å². The van der Waals surface area contributed by atoms with Crippen molar-refractivity contribution in [2.24, 2.45) is 5.10 Å². The van der Waals surface area contributed by atoms with Crippen LogP contribution in [-0.4, -0.2) is 51.9 Å². The molecule has 0 unspecified atom stereocenters. The molecule has 1 saturated heterocycles. The lowest BCUT2D eigenvalue weighted by molar-refractivity contribution is 0.0209. The van der Waals surface area contributed by atoms with Crippen LogP contribution in [0.25, 0.3) is 0 Å². The molecular weight excluding hydrogens is 535 g/mol. The van der Waals surface area contributed by atoms with Crippen LogP contribution in [-0.2, 0) is 17.8 Å². The zero-order chi connectivity index (χ0) is 24.9. The van der Waals surface area contributed by atoms with Crippen LogP contribution in [0.1, 0.15) is 16.3 Å². The highest BCUT2D eigenvalue weighted by Crippen LogP contribution is 2.34. The number of nitrogens with one attached hydrogen (secondary N) is 1. The first-order valence-corrected chi connectivity index (χ1v) is 13.5. The van der Waals surface area contributed by atoms with Gasteiger partial charge in [0.2, 0.25) is 4.77 Å².